The van der Waals surface area contributed by atoms with E-state index in [1.165, 1.54) is 6.26 Å². The second kappa shape index (κ2) is 7.76. The van der Waals surface area contributed by atoms with Crippen molar-refractivity contribution < 1.29 is 13.9 Å². The lowest BCUT2D eigenvalue weighted by Gasteiger charge is -2.22. The summed E-state index contributed by atoms with van der Waals surface area (Å²) in [5.41, 5.74) is 0.536. The molecule has 0 saturated heterocycles. The minimum Gasteiger partial charge on any atom is -0.461 e. The van der Waals surface area contributed by atoms with Crippen LogP contribution in [0, 0.1) is 5.41 Å². The van der Waals surface area contributed by atoms with Gasteiger partial charge in [0.25, 0.3) is 0 Å². The molecule has 3 nitrogen and oxygen atoms in total. The molecule has 1 aromatic carbocycles. The van der Waals surface area contributed by atoms with Gasteiger partial charge in [0.15, 0.2) is 5.76 Å². The molecule has 0 aliphatic rings. The first-order valence-corrected chi connectivity index (χ1v) is 7.49. The zero-order valence-corrected chi connectivity index (χ0v) is 13.0. The first-order chi connectivity index (χ1) is 10.7. The number of Topliss-reactive ketones (excluding diaryl/α,β-unsaturated/α-hetero) is 1. The fraction of sp³-hybridized carbons (Fsp3) is 0.316. The van der Waals surface area contributed by atoms with Crippen LogP contribution in [-0.4, -0.2) is 12.4 Å². The number of ketones is 1. The molecule has 1 aromatic heterocycles. The van der Waals surface area contributed by atoms with Gasteiger partial charge in [-0.05, 0) is 37.5 Å². The Kier molecular flexibility index (Phi) is 5.73. The number of hydrogen-bond donors (Lipinski definition) is 0. The van der Waals surface area contributed by atoms with E-state index in [9.17, 15) is 4.79 Å². The molecule has 116 valence electrons. The average Bonchev–Trinajstić information content (AvgIpc) is 3.09. The largest absolute Gasteiger partial charge is 0.461 e. The third-order valence-electron chi connectivity index (χ3n) is 3.81. The van der Waals surface area contributed by atoms with Crippen molar-refractivity contribution in [1.82, 2.24) is 0 Å². The molecule has 1 unspecified atom stereocenters. The number of rotatable bonds is 9. The zero-order chi connectivity index (χ0) is 15.8. The second-order valence-electron chi connectivity index (χ2n) is 5.57. The predicted octanol–water partition coefficient (Wildman–Crippen LogP) is 4.65. The molecule has 0 N–H and O–H groups in total. The summed E-state index contributed by atoms with van der Waals surface area (Å²) in [6, 6.07) is 13.5. The smallest absolute Gasteiger partial charge is 0.207 e. The van der Waals surface area contributed by atoms with Gasteiger partial charge in [-0.2, -0.15) is 0 Å². The maximum Gasteiger partial charge on any atom is 0.207 e. The van der Waals surface area contributed by atoms with Crippen LogP contribution in [0.15, 0.2) is 65.8 Å². The van der Waals surface area contributed by atoms with Gasteiger partial charge in [0.1, 0.15) is 0 Å². The lowest BCUT2D eigenvalue weighted by Crippen LogP contribution is -2.25. The number of ether oxygens (including phenoxy) is 1. The van der Waals surface area contributed by atoms with E-state index in [0.717, 1.165) is 12.0 Å². The van der Waals surface area contributed by atoms with Gasteiger partial charge in [0.05, 0.1) is 18.3 Å². The van der Waals surface area contributed by atoms with Crippen molar-refractivity contribution in [3.05, 3.63) is 72.7 Å². The van der Waals surface area contributed by atoms with Crippen LogP contribution in [-0.2, 0) is 11.3 Å². The van der Waals surface area contributed by atoms with Crippen molar-refractivity contribution in [1.29, 1.82) is 0 Å². The summed E-state index contributed by atoms with van der Waals surface area (Å²) >= 11 is 0. The zero-order valence-electron chi connectivity index (χ0n) is 13.0. The quantitative estimate of drug-likeness (QED) is 0.384. The first kappa shape index (κ1) is 16.2. The summed E-state index contributed by atoms with van der Waals surface area (Å²) in [5, 5.41) is 0. The Morgan fingerprint density at radius 3 is 2.68 bits per heavy atom. The van der Waals surface area contributed by atoms with Gasteiger partial charge in [-0.15, -0.1) is 6.58 Å². The summed E-state index contributed by atoms with van der Waals surface area (Å²) in [4.78, 5) is 12.4. The second-order valence-corrected chi connectivity index (χ2v) is 5.57. The van der Waals surface area contributed by atoms with Gasteiger partial charge in [0, 0.05) is 6.61 Å². The summed E-state index contributed by atoms with van der Waals surface area (Å²) < 4.78 is 10.9. The predicted molar refractivity (Wildman–Crippen MR) is 86.7 cm³/mol. The molecular weight excluding hydrogens is 276 g/mol. The van der Waals surface area contributed by atoms with Gasteiger partial charge >= 0.3 is 0 Å². The molecule has 1 atom stereocenters. The highest BCUT2D eigenvalue weighted by Crippen LogP contribution is 2.29. The van der Waals surface area contributed by atoms with Crippen molar-refractivity contribution in [2.75, 3.05) is 6.61 Å². The number of hydrogen-bond acceptors (Lipinski definition) is 3. The Hall–Kier alpha value is -2.13. The molecule has 0 amide bonds. The van der Waals surface area contributed by atoms with Gasteiger partial charge < -0.3 is 9.15 Å². The van der Waals surface area contributed by atoms with Crippen LogP contribution in [0.4, 0.5) is 0 Å². The van der Waals surface area contributed by atoms with Crippen LogP contribution in [0.25, 0.3) is 0 Å². The maximum absolute atomic E-state index is 12.4. The molecule has 0 radical (unpaired) electrons. The van der Waals surface area contributed by atoms with E-state index >= 15 is 0 Å². The van der Waals surface area contributed by atoms with Crippen LogP contribution in [0.5, 0.6) is 0 Å². The van der Waals surface area contributed by atoms with Crippen LogP contribution < -0.4 is 0 Å². The molecule has 0 saturated carbocycles. The Balaban J connectivity index is 1.78. The molecular formula is C19H22O3. The molecule has 0 aliphatic heterocycles. The van der Waals surface area contributed by atoms with Crippen molar-refractivity contribution in [2.45, 2.75) is 26.4 Å². The van der Waals surface area contributed by atoms with Gasteiger partial charge in [0.2, 0.25) is 5.78 Å². The van der Waals surface area contributed by atoms with Crippen molar-refractivity contribution in [3.63, 3.8) is 0 Å². The SMILES string of the molecule is C=CC(C)(CCCOCc1ccccc1)C(=O)c1ccco1. The molecule has 0 bridgehead atoms. The third kappa shape index (κ3) is 4.18. The van der Waals surface area contributed by atoms with E-state index < -0.39 is 5.41 Å². The fourth-order valence-electron chi connectivity index (χ4n) is 2.30. The number of furan rings is 1. The summed E-state index contributed by atoms with van der Waals surface area (Å²) in [6.07, 6.45) is 4.70. The Bertz CT molecular complexity index is 586. The van der Waals surface area contributed by atoms with Crippen molar-refractivity contribution in [3.8, 4) is 0 Å². The van der Waals surface area contributed by atoms with E-state index in [1.54, 1.807) is 18.2 Å². The van der Waals surface area contributed by atoms with Crippen LogP contribution in [0.1, 0.15) is 35.9 Å². The average molecular weight is 298 g/mol. The van der Waals surface area contributed by atoms with E-state index in [-0.39, 0.29) is 5.78 Å². The molecule has 0 aliphatic carbocycles. The number of allylic oxidation sites excluding steroid dienone is 1. The fourth-order valence-corrected chi connectivity index (χ4v) is 2.30. The molecule has 0 fully saturated rings. The summed E-state index contributed by atoms with van der Waals surface area (Å²) in [7, 11) is 0. The summed E-state index contributed by atoms with van der Waals surface area (Å²) in [6.45, 7) is 6.91. The normalized spacial score (nSPS) is 13.5. The van der Waals surface area contributed by atoms with Crippen LogP contribution >= 0.6 is 0 Å². The molecule has 22 heavy (non-hydrogen) atoms. The van der Waals surface area contributed by atoms with E-state index in [1.807, 2.05) is 37.3 Å². The first-order valence-electron chi connectivity index (χ1n) is 7.49. The van der Waals surface area contributed by atoms with Gasteiger partial charge in [-0.1, -0.05) is 36.4 Å². The lowest BCUT2D eigenvalue weighted by molar-refractivity contribution is 0.0788. The number of carbonyl (C=O) groups excluding carboxylic acids is 1. The maximum atomic E-state index is 12.4. The molecule has 3 heteroatoms. The Morgan fingerprint density at radius 1 is 1.27 bits per heavy atom. The standard InChI is InChI=1S/C19H22O3/c1-3-19(2,18(20)17-11-7-14-22-17)12-8-13-21-15-16-9-5-4-6-10-16/h3-7,9-11,14H,1,8,12-13,15H2,2H3. The monoisotopic (exact) mass is 298 g/mol. The van der Waals surface area contributed by atoms with Gasteiger partial charge in [-0.3, -0.25) is 4.79 Å². The summed E-state index contributed by atoms with van der Waals surface area (Å²) in [5.74, 6) is 0.350. The lowest BCUT2D eigenvalue weighted by atomic mass is 9.80. The highest BCUT2D eigenvalue weighted by atomic mass is 16.5. The van der Waals surface area contributed by atoms with E-state index in [2.05, 4.69) is 6.58 Å². The molecule has 1 heterocycles. The Morgan fingerprint density at radius 2 is 2.05 bits per heavy atom. The molecule has 2 aromatic rings. The number of benzene rings is 1. The molecule has 2 rings (SSSR count). The van der Waals surface area contributed by atoms with E-state index in [4.69, 9.17) is 9.15 Å². The molecule has 0 spiro atoms. The van der Waals surface area contributed by atoms with Gasteiger partial charge in [-0.25, -0.2) is 0 Å². The van der Waals surface area contributed by atoms with Crippen LogP contribution in [0.3, 0.4) is 0 Å². The minimum absolute atomic E-state index is 0.0319. The van der Waals surface area contributed by atoms with Crippen molar-refractivity contribution >= 4 is 5.78 Å². The van der Waals surface area contributed by atoms with Crippen LogP contribution in [0.2, 0.25) is 0 Å². The minimum atomic E-state index is -0.617. The number of carbonyl (C=O) groups is 1. The third-order valence-corrected chi connectivity index (χ3v) is 3.81. The topological polar surface area (TPSA) is 39.4 Å². The van der Waals surface area contributed by atoms with Crippen molar-refractivity contribution in [2.24, 2.45) is 5.41 Å². The van der Waals surface area contributed by atoms with E-state index in [0.29, 0.717) is 25.4 Å². The highest BCUT2D eigenvalue weighted by Gasteiger charge is 2.31. The Labute approximate surface area is 131 Å². The highest BCUT2D eigenvalue weighted by molar-refractivity contribution is 5.99.